The number of carbonyl (C=O) groups is 1. The molecule has 1 amide bonds. The Kier molecular flexibility index (Phi) is 7.44. The van der Waals surface area contributed by atoms with Crippen LogP contribution < -0.4 is 15.4 Å². The Balaban J connectivity index is 1.59. The number of hydrogen-bond acceptors (Lipinski definition) is 5. The van der Waals surface area contributed by atoms with Crippen molar-refractivity contribution in [3.05, 3.63) is 35.8 Å². The van der Waals surface area contributed by atoms with Crippen molar-refractivity contribution in [1.82, 2.24) is 15.6 Å². The minimum atomic E-state index is -4.55. The summed E-state index contributed by atoms with van der Waals surface area (Å²) in [5.41, 5.74) is 0.283. The first kappa shape index (κ1) is 24.1. The fourth-order valence-electron chi connectivity index (χ4n) is 3.65. The first-order valence-corrected chi connectivity index (χ1v) is 9.85. The van der Waals surface area contributed by atoms with Crippen LogP contribution in [0.4, 0.5) is 26.3 Å². The molecule has 1 atom stereocenters. The third-order valence-electron chi connectivity index (χ3n) is 5.29. The normalized spacial score (nSPS) is 20.4. The third kappa shape index (κ3) is 6.00. The van der Waals surface area contributed by atoms with Gasteiger partial charge in [0.1, 0.15) is 6.04 Å². The lowest BCUT2D eigenvalue weighted by Crippen LogP contribution is -2.51. The molecule has 0 bridgehead atoms. The number of halogens is 6. The van der Waals surface area contributed by atoms with Crippen molar-refractivity contribution in [3.63, 3.8) is 0 Å². The Bertz CT molecular complexity index is 948. The maximum atomic E-state index is 13.9. The number of nitrogens with zero attached hydrogens (tertiary/aromatic N) is 1. The molecular weight excluding hydrogens is 444 g/mol. The van der Waals surface area contributed by atoms with Gasteiger partial charge in [0.05, 0.1) is 17.7 Å². The number of fused-ring (bicyclic) bond motifs is 1. The van der Waals surface area contributed by atoms with Gasteiger partial charge in [-0.25, -0.2) is 4.39 Å². The van der Waals surface area contributed by atoms with E-state index >= 15 is 0 Å². The van der Waals surface area contributed by atoms with E-state index in [1.807, 2.05) is 0 Å². The number of carbonyl (C=O) groups excluding carboxylic acids is 1. The second kappa shape index (κ2) is 9.90. The number of amides is 1. The summed E-state index contributed by atoms with van der Waals surface area (Å²) in [6.45, 7) is -4.24. The first-order valence-electron chi connectivity index (χ1n) is 9.85. The summed E-state index contributed by atoms with van der Waals surface area (Å²) in [5.74, 6) is -2.17. The summed E-state index contributed by atoms with van der Waals surface area (Å²) < 4.78 is 81.0. The summed E-state index contributed by atoms with van der Waals surface area (Å²) in [6.07, 6.45) is -1.71. The van der Waals surface area contributed by atoms with E-state index in [4.69, 9.17) is 5.11 Å². The van der Waals surface area contributed by atoms with E-state index in [-0.39, 0.29) is 22.5 Å². The zero-order chi connectivity index (χ0) is 23.5. The summed E-state index contributed by atoms with van der Waals surface area (Å²) in [6, 6.07) is 0.605. The highest BCUT2D eigenvalue weighted by Gasteiger charge is 2.40. The number of alkyl halides is 5. The highest BCUT2D eigenvalue weighted by Crippen LogP contribution is 2.27. The smallest absolute Gasteiger partial charge is 0.406 e. The average Bonchev–Trinajstić information content (AvgIpc) is 2.72. The lowest BCUT2D eigenvalue weighted by molar-refractivity contribution is -0.166. The third-order valence-corrected chi connectivity index (χ3v) is 5.29. The van der Waals surface area contributed by atoms with Gasteiger partial charge in [-0.3, -0.25) is 9.78 Å². The van der Waals surface area contributed by atoms with E-state index in [1.54, 1.807) is 0 Å². The molecule has 1 saturated carbocycles. The monoisotopic (exact) mass is 465 g/mol. The van der Waals surface area contributed by atoms with Gasteiger partial charge in [0.25, 0.3) is 5.91 Å². The Morgan fingerprint density at radius 3 is 2.41 bits per heavy atom. The zero-order valence-electron chi connectivity index (χ0n) is 16.6. The molecule has 1 fully saturated rings. The number of aliphatic hydroxyl groups excluding tert-OH is 1. The molecule has 1 aliphatic rings. The lowest BCUT2D eigenvalue weighted by Gasteiger charge is -2.32. The van der Waals surface area contributed by atoms with Crippen molar-refractivity contribution in [3.8, 4) is 5.75 Å². The fraction of sp³-hybridized carbons (Fsp3) is 0.500. The number of aromatic nitrogens is 1. The highest BCUT2D eigenvalue weighted by molar-refractivity contribution is 5.97. The Morgan fingerprint density at radius 2 is 1.81 bits per heavy atom. The van der Waals surface area contributed by atoms with Gasteiger partial charge in [-0.2, -0.15) is 22.0 Å². The van der Waals surface area contributed by atoms with Crippen LogP contribution in [-0.4, -0.2) is 53.5 Å². The molecule has 176 valence electrons. The Morgan fingerprint density at radius 1 is 1.16 bits per heavy atom. The quantitative estimate of drug-likeness (QED) is 0.545. The predicted molar refractivity (Wildman–Crippen MR) is 102 cm³/mol. The average molecular weight is 465 g/mol. The number of hydrogen-bond donors (Lipinski definition) is 3. The van der Waals surface area contributed by atoms with Gasteiger partial charge in [0.15, 0.2) is 11.6 Å². The molecular formula is C20H21F6N3O3. The molecule has 1 aromatic carbocycles. The van der Waals surface area contributed by atoms with Crippen LogP contribution in [0.5, 0.6) is 5.75 Å². The van der Waals surface area contributed by atoms with Gasteiger partial charge >= 0.3 is 12.8 Å². The highest BCUT2D eigenvalue weighted by atomic mass is 19.4. The van der Waals surface area contributed by atoms with Gasteiger partial charge in [-0.1, -0.05) is 0 Å². The van der Waals surface area contributed by atoms with E-state index in [1.165, 1.54) is 12.3 Å². The van der Waals surface area contributed by atoms with Gasteiger partial charge in [0, 0.05) is 29.7 Å². The van der Waals surface area contributed by atoms with Crippen LogP contribution in [-0.2, 0) is 0 Å². The van der Waals surface area contributed by atoms with Crippen LogP contribution in [0.25, 0.3) is 10.9 Å². The topological polar surface area (TPSA) is 83.5 Å². The van der Waals surface area contributed by atoms with Crippen LogP contribution in [0.1, 0.15) is 36.0 Å². The number of rotatable bonds is 7. The summed E-state index contributed by atoms with van der Waals surface area (Å²) in [4.78, 5) is 16.5. The van der Waals surface area contributed by atoms with Crippen LogP contribution in [0.15, 0.2) is 24.4 Å². The second-order valence-electron chi connectivity index (χ2n) is 7.54. The number of ether oxygens (including phenoxy) is 1. The van der Waals surface area contributed by atoms with Gasteiger partial charge in [-0.15, -0.1) is 0 Å². The number of pyridine rings is 1. The summed E-state index contributed by atoms with van der Waals surface area (Å²) >= 11 is 0. The molecule has 0 saturated heterocycles. The minimum Gasteiger partial charge on any atom is -0.432 e. The van der Waals surface area contributed by atoms with E-state index < -0.39 is 49.0 Å². The van der Waals surface area contributed by atoms with E-state index in [0.29, 0.717) is 25.7 Å². The molecule has 3 N–H and O–H groups in total. The molecule has 6 nitrogen and oxygen atoms in total. The van der Waals surface area contributed by atoms with Crippen LogP contribution in [0.2, 0.25) is 0 Å². The van der Waals surface area contributed by atoms with Crippen molar-refractivity contribution in [2.24, 2.45) is 0 Å². The SMILES string of the molecule is O=C(N[C@H]1CC[C@H](N[C@@H](CO)C(F)(F)F)CC1)c1cnc2cc(OC(F)F)c(F)cc2c1. The predicted octanol–water partition coefficient (Wildman–Crippen LogP) is 3.53. The second-order valence-corrected chi connectivity index (χ2v) is 7.54. The van der Waals surface area contributed by atoms with Gasteiger partial charge in [0.2, 0.25) is 0 Å². The molecule has 32 heavy (non-hydrogen) atoms. The summed E-state index contributed by atoms with van der Waals surface area (Å²) in [5, 5.41) is 14.3. The molecule has 1 aliphatic carbocycles. The molecule has 12 heteroatoms. The molecule has 0 spiro atoms. The largest absolute Gasteiger partial charge is 0.432 e. The zero-order valence-corrected chi connectivity index (χ0v) is 16.6. The van der Waals surface area contributed by atoms with Crippen LogP contribution >= 0.6 is 0 Å². The molecule has 0 radical (unpaired) electrons. The molecule has 2 aromatic rings. The maximum Gasteiger partial charge on any atom is 0.406 e. The van der Waals surface area contributed by atoms with Gasteiger partial charge in [-0.05, 0) is 37.8 Å². The van der Waals surface area contributed by atoms with E-state index in [2.05, 4.69) is 20.4 Å². The van der Waals surface area contributed by atoms with E-state index in [9.17, 15) is 31.1 Å². The Hall–Kier alpha value is -2.60. The standard InChI is InChI=1S/C20H21F6N3O3/c21-14-6-10-5-11(8-27-15(10)7-16(14)32-19(22)23)18(31)29-13-3-1-12(2-4-13)28-17(9-30)20(24,25)26/h5-8,12-13,17,19,28,30H,1-4,9H2,(H,29,31)/t12-,13-,17-/m0/s1. The van der Waals surface area contributed by atoms with Crippen molar-refractivity contribution in [1.29, 1.82) is 0 Å². The summed E-state index contributed by atoms with van der Waals surface area (Å²) in [7, 11) is 0. The first-order chi connectivity index (χ1) is 15.1. The van der Waals surface area contributed by atoms with Crippen LogP contribution in [0, 0.1) is 5.82 Å². The van der Waals surface area contributed by atoms with E-state index in [0.717, 1.165) is 12.1 Å². The van der Waals surface area contributed by atoms with Crippen LogP contribution in [0.3, 0.4) is 0 Å². The minimum absolute atomic E-state index is 0.122. The number of aliphatic hydroxyl groups is 1. The number of nitrogens with one attached hydrogen (secondary N) is 2. The van der Waals surface area contributed by atoms with Crippen molar-refractivity contribution >= 4 is 16.8 Å². The van der Waals surface area contributed by atoms with Crippen molar-refractivity contribution in [2.45, 2.75) is 56.6 Å². The van der Waals surface area contributed by atoms with Crippen molar-refractivity contribution in [2.75, 3.05) is 6.61 Å². The molecule has 0 aliphatic heterocycles. The molecule has 1 aromatic heterocycles. The molecule has 0 unspecified atom stereocenters. The van der Waals surface area contributed by atoms with Gasteiger partial charge < -0.3 is 20.5 Å². The lowest BCUT2D eigenvalue weighted by atomic mass is 9.90. The molecule has 1 heterocycles. The fourth-order valence-corrected chi connectivity index (χ4v) is 3.65. The van der Waals surface area contributed by atoms with Crippen molar-refractivity contribution < 1.29 is 41.0 Å². The maximum absolute atomic E-state index is 13.9. The Labute approximate surface area is 179 Å². The molecule has 3 rings (SSSR count). The number of benzene rings is 1.